The zero-order valence-electron chi connectivity index (χ0n) is 12.0. The van der Waals surface area contributed by atoms with Crippen LogP contribution < -0.4 is 5.32 Å². The van der Waals surface area contributed by atoms with Gasteiger partial charge in [0.1, 0.15) is 0 Å². The fourth-order valence-corrected chi connectivity index (χ4v) is 2.85. The van der Waals surface area contributed by atoms with Gasteiger partial charge in [-0.2, -0.15) is 0 Å². The monoisotopic (exact) mass is 267 g/mol. The Hall–Kier alpha value is -1.87. The third-order valence-corrected chi connectivity index (χ3v) is 3.92. The first-order chi connectivity index (χ1) is 9.85. The molecule has 0 aliphatic carbocycles. The number of nitrogens with one attached hydrogen (secondary N) is 1. The van der Waals surface area contributed by atoms with Crippen molar-refractivity contribution in [3.63, 3.8) is 0 Å². The van der Waals surface area contributed by atoms with Crippen LogP contribution in [0.15, 0.2) is 42.6 Å². The first-order valence-electron chi connectivity index (χ1n) is 7.27. The molecule has 0 bridgehead atoms. The second kappa shape index (κ2) is 6.06. The summed E-state index contributed by atoms with van der Waals surface area (Å²) in [6.45, 7) is 3.09. The van der Waals surface area contributed by atoms with Crippen LogP contribution in [-0.4, -0.2) is 23.5 Å². The van der Waals surface area contributed by atoms with E-state index in [0.717, 1.165) is 31.0 Å². The van der Waals surface area contributed by atoms with Crippen molar-refractivity contribution in [1.29, 1.82) is 0 Å². The molecule has 0 radical (unpaired) electrons. The first-order valence-corrected chi connectivity index (χ1v) is 7.27. The molecule has 0 saturated heterocycles. The molecule has 3 rings (SSSR count). The number of anilines is 1. The summed E-state index contributed by atoms with van der Waals surface area (Å²) in [5.41, 5.74) is 5.24. The number of benzene rings is 1. The van der Waals surface area contributed by atoms with Crippen LogP contribution in [0.3, 0.4) is 0 Å². The van der Waals surface area contributed by atoms with Crippen molar-refractivity contribution >= 4 is 5.69 Å². The van der Waals surface area contributed by atoms with Crippen molar-refractivity contribution < 1.29 is 0 Å². The first kappa shape index (κ1) is 13.1. The Labute approximate surface area is 120 Å². The summed E-state index contributed by atoms with van der Waals surface area (Å²) in [7, 11) is 1.95. The van der Waals surface area contributed by atoms with Crippen molar-refractivity contribution in [2.24, 2.45) is 0 Å². The highest BCUT2D eigenvalue weighted by Crippen LogP contribution is 2.20. The van der Waals surface area contributed by atoms with Crippen molar-refractivity contribution in [2.75, 3.05) is 18.9 Å². The Morgan fingerprint density at radius 2 is 2.05 bits per heavy atom. The smallest absolute Gasteiger partial charge is 0.0564 e. The molecule has 0 fully saturated rings. The van der Waals surface area contributed by atoms with Gasteiger partial charge in [-0.3, -0.25) is 9.88 Å². The van der Waals surface area contributed by atoms with E-state index in [1.807, 2.05) is 19.3 Å². The van der Waals surface area contributed by atoms with Crippen LogP contribution in [0, 0.1) is 0 Å². The van der Waals surface area contributed by atoms with Crippen molar-refractivity contribution in [3.05, 3.63) is 59.4 Å². The van der Waals surface area contributed by atoms with Gasteiger partial charge in [-0.1, -0.05) is 24.3 Å². The third kappa shape index (κ3) is 2.99. The largest absolute Gasteiger partial charge is 0.388 e. The van der Waals surface area contributed by atoms with Gasteiger partial charge in [0.15, 0.2) is 0 Å². The summed E-state index contributed by atoms with van der Waals surface area (Å²) in [4.78, 5) is 6.98. The van der Waals surface area contributed by atoms with E-state index in [-0.39, 0.29) is 0 Å². The van der Waals surface area contributed by atoms with Crippen molar-refractivity contribution in [1.82, 2.24) is 9.88 Å². The van der Waals surface area contributed by atoms with Gasteiger partial charge in [0.05, 0.1) is 5.69 Å². The lowest BCUT2D eigenvalue weighted by atomic mass is 10.0. The summed E-state index contributed by atoms with van der Waals surface area (Å²) in [6.07, 6.45) is 4.30. The molecule has 1 aliphatic heterocycles. The number of rotatable bonds is 3. The van der Waals surface area contributed by atoms with Gasteiger partial charge in [0.25, 0.3) is 0 Å². The molecule has 1 aromatic carbocycles. The average Bonchev–Trinajstić information content (AvgIpc) is 2.69. The zero-order chi connectivity index (χ0) is 13.8. The Morgan fingerprint density at radius 1 is 1.20 bits per heavy atom. The number of fused-ring (bicyclic) bond motifs is 1. The van der Waals surface area contributed by atoms with Crippen LogP contribution in [-0.2, 0) is 19.5 Å². The van der Waals surface area contributed by atoms with Crippen LogP contribution in [0.25, 0.3) is 0 Å². The van der Waals surface area contributed by atoms with E-state index in [1.165, 1.54) is 24.0 Å². The summed E-state index contributed by atoms with van der Waals surface area (Å²) in [5, 5.41) is 3.17. The van der Waals surface area contributed by atoms with Crippen LogP contribution in [0.5, 0.6) is 0 Å². The highest BCUT2D eigenvalue weighted by molar-refractivity contribution is 5.42. The highest BCUT2D eigenvalue weighted by atomic mass is 15.1. The van der Waals surface area contributed by atoms with Gasteiger partial charge in [-0.05, 0) is 42.6 Å². The topological polar surface area (TPSA) is 28.2 Å². The second-order valence-electron chi connectivity index (χ2n) is 5.37. The fraction of sp³-hybridized carbons (Fsp3) is 0.353. The standard InChI is InChI=1S/C17H21N3/c1-18-16-8-9-19-17(11-16)13-20-10-4-7-14-5-2-3-6-15(14)12-20/h2-3,5-6,8-9,11H,4,7,10,12-13H2,1H3,(H,18,19). The molecule has 2 aromatic rings. The third-order valence-electron chi connectivity index (χ3n) is 3.92. The molecule has 0 atom stereocenters. The van der Waals surface area contributed by atoms with Crippen molar-refractivity contribution in [3.8, 4) is 0 Å². The molecule has 104 valence electrons. The number of pyridine rings is 1. The van der Waals surface area contributed by atoms with Crippen LogP contribution >= 0.6 is 0 Å². The normalized spacial score (nSPS) is 15.4. The molecule has 3 heteroatoms. The molecule has 0 saturated carbocycles. The predicted molar refractivity (Wildman–Crippen MR) is 82.7 cm³/mol. The van der Waals surface area contributed by atoms with E-state index in [0.29, 0.717) is 0 Å². The fourth-order valence-electron chi connectivity index (χ4n) is 2.85. The van der Waals surface area contributed by atoms with Gasteiger partial charge < -0.3 is 5.32 Å². The van der Waals surface area contributed by atoms with Crippen LogP contribution in [0.2, 0.25) is 0 Å². The maximum absolute atomic E-state index is 4.49. The van der Waals surface area contributed by atoms with E-state index in [2.05, 4.69) is 45.5 Å². The minimum atomic E-state index is 0.920. The predicted octanol–water partition coefficient (Wildman–Crippen LogP) is 3.07. The molecule has 20 heavy (non-hydrogen) atoms. The van der Waals surface area contributed by atoms with E-state index >= 15 is 0 Å². The molecule has 3 nitrogen and oxygen atoms in total. The number of aromatic nitrogens is 1. The summed E-state index contributed by atoms with van der Waals surface area (Å²) in [6, 6.07) is 12.9. The molecule has 1 N–H and O–H groups in total. The summed E-state index contributed by atoms with van der Waals surface area (Å²) in [5.74, 6) is 0. The lowest BCUT2D eigenvalue weighted by molar-refractivity contribution is 0.258. The quantitative estimate of drug-likeness (QED) is 0.926. The molecule has 1 aromatic heterocycles. The van der Waals surface area contributed by atoms with E-state index < -0.39 is 0 Å². The average molecular weight is 267 g/mol. The highest BCUT2D eigenvalue weighted by Gasteiger charge is 2.14. The number of hydrogen-bond acceptors (Lipinski definition) is 3. The van der Waals surface area contributed by atoms with Gasteiger partial charge in [-0.25, -0.2) is 0 Å². The SMILES string of the molecule is CNc1ccnc(CN2CCCc3ccccc3C2)c1. The molecule has 1 aliphatic rings. The zero-order valence-corrected chi connectivity index (χ0v) is 12.0. The minimum Gasteiger partial charge on any atom is -0.388 e. The van der Waals surface area contributed by atoms with Crippen molar-refractivity contribution in [2.45, 2.75) is 25.9 Å². The van der Waals surface area contributed by atoms with Gasteiger partial charge in [0, 0.05) is 32.0 Å². The molecular formula is C17H21N3. The molecule has 0 spiro atoms. The second-order valence-corrected chi connectivity index (χ2v) is 5.37. The Bertz CT molecular complexity index is 580. The van der Waals surface area contributed by atoms with Gasteiger partial charge in [0.2, 0.25) is 0 Å². The summed E-state index contributed by atoms with van der Waals surface area (Å²) < 4.78 is 0. The molecule has 2 heterocycles. The lowest BCUT2D eigenvalue weighted by Crippen LogP contribution is -2.23. The maximum atomic E-state index is 4.49. The molecule has 0 amide bonds. The van der Waals surface area contributed by atoms with E-state index in [9.17, 15) is 0 Å². The Balaban J connectivity index is 1.74. The summed E-state index contributed by atoms with van der Waals surface area (Å²) >= 11 is 0. The number of nitrogens with zero attached hydrogens (tertiary/aromatic N) is 2. The molecule has 0 unspecified atom stereocenters. The van der Waals surface area contributed by atoms with E-state index in [1.54, 1.807) is 0 Å². The maximum Gasteiger partial charge on any atom is 0.0564 e. The van der Waals surface area contributed by atoms with Gasteiger partial charge in [-0.15, -0.1) is 0 Å². The minimum absolute atomic E-state index is 0.920. The Morgan fingerprint density at radius 3 is 2.90 bits per heavy atom. The van der Waals surface area contributed by atoms with Gasteiger partial charge >= 0.3 is 0 Å². The van der Waals surface area contributed by atoms with Crippen LogP contribution in [0.4, 0.5) is 5.69 Å². The lowest BCUT2D eigenvalue weighted by Gasteiger charge is -2.20. The number of aryl methyl sites for hydroxylation is 1. The number of hydrogen-bond donors (Lipinski definition) is 1. The molecular weight excluding hydrogens is 246 g/mol. The Kier molecular flexibility index (Phi) is 3.97. The van der Waals surface area contributed by atoms with Crippen LogP contribution in [0.1, 0.15) is 23.2 Å². The van der Waals surface area contributed by atoms with E-state index in [4.69, 9.17) is 0 Å².